The number of hydrogen-bond acceptors (Lipinski definition) is 2. The van der Waals surface area contributed by atoms with Crippen molar-refractivity contribution in [3.63, 3.8) is 0 Å². The summed E-state index contributed by atoms with van der Waals surface area (Å²) in [6, 6.07) is 10.1. The van der Waals surface area contributed by atoms with Crippen LogP contribution in [0, 0.1) is 5.82 Å². The molecule has 1 aliphatic rings. The minimum atomic E-state index is -0.933. The molecular formula is C16H13ClFNO2. The number of carboxylic acids is 1. The van der Waals surface area contributed by atoms with Crippen LogP contribution in [0.3, 0.4) is 0 Å². The summed E-state index contributed by atoms with van der Waals surface area (Å²) in [5, 5.41) is 9.13. The van der Waals surface area contributed by atoms with E-state index in [1.54, 1.807) is 24.3 Å². The Morgan fingerprint density at radius 3 is 2.76 bits per heavy atom. The summed E-state index contributed by atoms with van der Waals surface area (Å²) in [5.74, 6) is -1.32. The molecule has 1 N–H and O–H groups in total. The van der Waals surface area contributed by atoms with Gasteiger partial charge in [0.1, 0.15) is 5.82 Å². The number of halogens is 2. The average Bonchev–Trinajstić information content (AvgIpc) is 2.85. The summed E-state index contributed by atoms with van der Waals surface area (Å²) < 4.78 is 13.9. The third-order valence-corrected chi connectivity index (χ3v) is 3.96. The highest BCUT2D eigenvalue weighted by Crippen LogP contribution is 2.27. The van der Waals surface area contributed by atoms with Gasteiger partial charge in [-0.05, 0) is 29.3 Å². The zero-order valence-electron chi connectivity index (χ0n) is 11.1. The van der Waals surface area contributed by atoms with Crippen molar-refractivity contribution in [1.82, 2.24) is 4.90 Å². The molecule has 0 aromatic heterocycles. The second-order valence-electron chi connectivity index (χ2n) is 5.15. The molecule has 2 aromatic carbocycles. The first-order chi connectivity index (χ1) is 10.0. The number of benzene rings is 2. The predicted octanol–water partition coefficient (Wildman–Crippen LogP) is 3.69. The molecule has 0 saturated carbocycles. The molecule has 108 valence electrons. The molecule has 0 spiro atoms. The lowest BCUT2D eigenvalue weighted by Gasteiger charge is -2.15. The molecule has 2 aromatic rings. The Balaban J connectivity index is 1.79. The van der Waals surface area contributed by atoms with Crippen molar-refractivity contribution in [3.8, 4) is 0 Å². The third kappa shape index (κ3) is 2.77. The summed E-state index contributed by atoms with van der Waals surface area (Å²) in [4.78, 5) is 13.0. The van der Waals surface area contributed by atoms with Crippen molar-refractivity contribution < 1.29 is 14.3 Å². The van der Waals surface area contributed by atoms with E-state index in [1.807, 2.05) is 6.07 Å². The maximum atomic E-state index is 13.9. The monoisotopic (exact) mass is 305 g/mol. The molecule has 0 atom stereocenters. The van der Waals surface area contributed by atoms with Crippen molar-refractivity contribution in [1.29, 1.82) is 0 Å². The van der Waals surface area contributed by atoms with E-state index in [2.05, 4.69) is 4.90 Å². The Kier molecular flexibility index (Phi) is 3.66. The summed E-state index contributed by atoms with van der Waals surface area (Å²) in [6.45, 7) is 1.74. The fourth-order valence-electron chi connectivity index (χ4n) is 2.62. The smallest absolute Gasteiger partial charge is 0.335 e. The van der Waals surface area contributed by atoms with Crippen LogP contribution in [0.1, 0.15) is 27.0 Å². The van der Waals surface area contributed by atoms with E-state index in [1.165, 1.54) is 6.07 Å². The van der Waals surface area contributed by atoms with Gasteiger partial charge in [0, 0.05) is 25.2 Å². The minimum absolute atomic E-state index is 0.123. The number of rotatable bonds is 3. The molecule has 0 bridgehead atoms. The molecule has 0 aliphatic carbocycles. The van der Waals surface area contributed by atoms with Crippen molar-refractivity contribution in [2.75, 3.05) is 0 Å². The number of carboxylic acid groups (broad SMARTS) is 1. The van der Waals surface area contributed by atoms with Crippen molar-refractivity contribution in [2.24, 2.45) is 0 Å². The van der Waals surface area contributed by atoms with Crippen molar-refractivity contribution >= 4 is 17.6 Å². The normalized spacial score (nSPS) is 14.2. The molecule has 0 unspecified atom stereocenters. The first kappa shape index (κ1) is 14.0. The van der Waals surface area contributed by atoms with Gasteiger partial charge in [0.25, 0.3) is 0 Å². The first-order valence-corrected chi connectivity index (χ1v) is 6.93. The van der Waals surface area contributed by atoms with E-state index in [0.29, 0.717) is 25.2 Å². The van der Waals surface area contributed by atoms with Crippen LogP contribution in [0.25, 0.3) is 0 Å². The topological polar surface area (TPSA) is 40.5 Å². The van der Waals surface area contributed by atoms with Crippen LogP contribution >= 0.6 is 11.6 Å². The van der Waals surface area contributed by atoms with Crippen LogP contribution in [0.4, 0.5) is 4.39 Å². The van der Waals surface area contributed by atoms with Crippen molar-refractivity contribution in [3.05, 3.63) is 69.5 Å². The number of fused-ring (bicyclic) bond motifs is 1. The summed E-state index contributed by atoms with van der Waals surface area (Å²) in [5.41, 5.74) is 2.90. The Morgan fingerprint density at radius 1 is 1.24 bits per heavy atom. The molecule has 0 amide bonds. The van der Waals surface area contributed by atoms with Gasteiger partial charge in [-0.25, -0.2) is 9.18 Å². The van der Waals surface area contributed by atoms with Crippen LogP contribution in [-0.2, 0) is 19.6 Å². The Morgan fingerprint density at radius 2 is 2.00 bits per heavy atom. The largest absolute Gasteiger partial charge is 0.478 e. The van der Waals surface area contributed by atoms with E-state index in [4.69, 9.17) is 16.7 Å². The zero-order chi connectivity index (χ0) is 15.0. The maximum Gasteiger partial charge on any atom is 0.335 e. The third-order valence-electron chi connectivity index (χ3n) is 3.67. The number of aromatic carboxylic acids is 1. The van der Waals surface area contributed by atoms with Gasteiger partial charge < -0.3 is 5.11 Å². The Hall–Kier alpha value is -1.91. The quantitative estimate of drug-likeness (QED) is 0.940. The molecule has 0 fully saturated rings. The summed E-state index contributed by atoms with van der Waals surface area (Å²) >= 11 is 5.79. The molecule has 21 heavy (non-hydrogen) atoms. The van der Waals surface area contributed by atoms with Gasteiger partial charge in [-0.1, -0.05) is 29.8 Å². The molecule has 0 saturated heterocycles. The fraction of sp³-hybridized carbons (Fsp3) is 0.188. The van der Waals surface area contributed by atoms with Gasteiger partial charge in [0.2, 0.25) is 0 Å². The molecule has 3 nitrogen and oxygen atoms in total. The van der Waals surface area contributed by atoms with Crippen LogP contribution in [0.5, 0.6) is 0 Å². The van der Waals surface area contributed by atoms with Gasteiger partial charge in [0.05, 0.1) is 10.6 Å². The van der Waals surface area contributed by atoms with E-state index in [-0.39, 0.29) is 16.4 Å². The van der Waals surface area contributed by atoms with Crippen LogP contribution < -0.4 is 0 Å². The van der Waals surface area contributed by atoms with Crippen molar-refractivity contribution in [2.45, 2.75) is 19.6 Å². The first-order valence-electron chi connectivity index (χ1n) is 6.55. The highest BCUT2D eigenvalue weighted by atomic mass is 35.5. The lowest BCUT2D eigenvalue weighted by Crippen LogP contribution is -2.16. The second-order valence-corrected chi connectivity index (χ2v) is 5.55. The molecule has 1 heterocycles. The number of nitrogens with zero attached hydrogens (tertiary/aromatic N) is 1. The Labute approximate surface area is 126 Å². The fourth-order valence-corrected chi connectivity index (χ4v) is 2.82. The van der Waals surface area contributed by atoms with Gasteiger partial charge in [-0.3, -0.25) is 4.90 Å². The highest BCUT2D eigenvalue weighted by Gasteiger charge is 2.21. The highest BCUT2D eigenvalue weighted by molar-refractivity contribution is 6.30. The van der Waals surface area contributed by atoms with E-state index in [0.717, 1.165) is 11.1 Å². The Bertz CT molecular complexity index is 717. The number of hydrogen-bond donors (Lipinski definition) is 1. The molecule has 0 radical (unpaired) electrons. The predicted molar refractivity (Wildman–Crippen MR) is 77.8 cm³/mol. The maximum absolute atomic E-state index is 13.9. The van der Waals surface area contributed by atoms with Gasteiger partial charge in [-0.2, -0.15) is 0 Å². The van der Waals surface area contributed by atoms with E-state index in [9.17, 15) is 9.18 Å². The second kappa shape index (κ2) is 5.47. The molecule has 1 aliphatic heterocycles. The van der Waals surface area contributed by atoms with Gasteiger partial charge in [0.15, 0.2) is 0 Å². The van der Waals surface area contributed by atoms with E-state index < -0.39 is 5.97 Å². The molecular weight excluding hydrogens is 293 g/mol. The summed E-state index contributed by atoms with van der Waals surface area (Å²) in [6.07, 6.45) is 0. The minimum Gasteiger partial charge on any atom is -0.478 e. The number of carbonyl (C=O) groups is 1. The SMILES string of the molecule is O=C(O)c1ccc2c(c1)CN(Cc1cccc(Cl)c1F)C2. The lowest BCUT2D eigenvalue weighted by molar-refractivity contribution is 0.0696. The standard InChI is InChI=1S/C16H13ClFNO2/c17-14-3-1-2-12(15(14)18)8-19-7-11-5-4-10(16(20)21)6-13(11)9-19/h1-6H,7-9H2,(H,20,21). The van der Waals surface area contributed by atoms with Crippen LogP contribution in [-0.4, -0.2) is 16.0 Å². The van der Waals surface area contributed by atoms with Gasteiger partial charge in [-0.15, -0.1) is 0 Å². The molecule has 3 rings (SSSR count). The average molecular weight is 306 g/mol. The summed E-state index contributed by atoms with van der Waals surface area (Å²) in [7, 11) is 0. The molecule has 5 heteroatoms. The van der Waals surface area contributed by atoms with E-state index >= 15 is 0 Å². The van der Waals surface area contributed by atoms with Crippen LogP contribution in [0.15, 0.2) is 36.4 Å². The lowest BCUT2D eigenvalue weighted by atomic mass is 10.1. The van der Waals surface area contributed by atoms with Gasteiger partial charge >= 0.3 is 5.97 Å². The van der Waals surface area contributed by atoms with Crippen LogP contribution in [0.2, 0.25) is 5.02 Å². The zero-order valence-corrected chi connectivity index (χ0v) is 11.9.